The van der Waals surface area contributed by atoms with Gasteiger partial charge in [0.15, 0.2) is 11.8 Å². The number of nitrogens with zero attached hydrogens (tertiary/aromatic N) is 2. The van der Waals surface area contributed by atoms with Gasteiger partial charge in [-0.2, -0.15) is 13.2 Å². The van der Waals surface area contributed by atoms with Crippen LogP contribution in [0.5, 0.6) is 0 Å². The van der Waals surface area contributed by atoms with Gasteiger partial charge in [-0.3, -0.25) is 9.69 Å². The van der Waals surface area contributed by atoms with Crippen molar-refractivity contribution in [2.24, 2.45) is 5.73 Å². The number of hydrogen-bond acceptors (Lipinski definition) is 5. The first-order chi connectivity index (χ1) is 12.2. The van der Waals surface area contributed by atoms with Crippen molar-refractivity contribution in [1.29, 1.82) is 0 Å². The Bertz CT molecular complexity index is 841. The van der Waals surface area contributed by atoms with E-state index in [9.17, 15) is 22.8 Å². The summed E-state index contributed by atoms with van der Waals surface area (Å²) in [6.45, 7) is -0.192. The highest BCUT2D eigenvalue weighted by Crippen LogP contribution is 2.37. The van der Waals surface area contributed by atoms with Crippen molar-refractivity contribution in [2.45, 2.75) is 18.3 Å². The van der Waals surface area contributed by atoms with E-state index in [2.05, 4.69) is 4.98 Å². The first-order valence-corrected chi connectivity index (χ1v) is 8.47. The average molecular weight is 406 g/mol. The summed E-state index contributed by atoms with van der Waals surface area (Å²) < 4.78 is 43.6. The highest BCUT2D eigenvalue weighted by Gasteiger charge is 2.42. The number of hydrogen-bond donors (Lipinski definition) is 1. The number of thiazole rings is 1. The predicted octanol–water partition coefficient (Wildman–Crippen LogP) is 3.21. The average Bonchev–Trinajstić information content (AvgIpc) is 3.17. The van der Waals surface area contributed by atoms with E-state index in [4.69, 9.17) is 22.1 Å². The molecular weight excluding hydrogens is 395 g/mol. The molecule has 2 amide bonds. The number of amides is 2. The second kappa shape index (κ2) is 6.76. The normalized spacial score (nSPS) is 18.7. The molecule has 2 aromatic rings. The Kier molecular flexibility index (Phi) is 4.80. The molecule has 1 aromatic heterocycles. The molecule has 6 nitrogen and oxygen atoms in total. The van der Waals surface area contributed by atoms with Crippen molar-refractivity contribution in [1.82, 2.24) is 9.88 Å². The third kappa shape index (κ3) is 3.61. The van der Waals surface area contributed by atoms with Crippen molar-refractivity contribution < 1.29 is 27.5 Å². The molecule has 11 heteroatoms. The van der Waals surface area contributed by atoms with Gasteiger partial charge in [0.25, 0.3) is 5.91 Å². The van der Waals surface area contributed by atoms with Gasteiger partial charge in [0.1, 0.15) is 11.0 Å². The van der Waals surface area contributed by atoms with E-state index in [1.807, 2.05) is 0 Å². The molecule has 1 unspecified atom stereocenters. The lowest BCUT2D eigenvalue weighted by Gasteiger charge is -2.24. The summed E-state index contributed by atoms with van der Waals surface area (Å²) in [6, 6.07) is 5.23. The first-order valence-electron chi connectivity index (χ1n) is 7.21. The number of carbonyl (C=O) groups is 2. The zero-order valence-electron chi connectivity index (χ0n) is 12.9. The molecule has 0 saturated carbocycles. The van der Waals surface area contributed by atoms with Crippen LogP contribution in [-0.2, 0) is 15.7 Å². The molecule has 0 spiro atoms. The number of halogens is 4. The predicted molar refractivity (Wildman–Crippen MR) is 86.6 cm³/mol. The van der Waals surface area contributed by atoms with Gasteiger partial charge >= 0.3 is 12.3 Å². The fraction of sp³-hybridized carbons (Fsp3) is 0.267. The lowest BCUT2D eigenvalue weighted by Crippen LogP contribution is -2.34. The number of aromatic nitrogens is 1. The Balaban J connectivity index is 2.03. The van der Waals surface area contributed by atoms with Gasteiger partial charge in [-0.25, -0.2) is 9.78 Å². The molecule has 0 aliphatic carbocycles. The maximum atomic E-state index is 12.9. The van der Waals surface area contributed by atoms with E-state index in [0.717, 1.165) is 21.6 Å². The number of primary amides is 1. The van der Waals surface area contributed by atoms with Gasteiger partial charge in [0.2, 0.25) is 0 Å². The van der Waals surface area contributed by atoms with Gasteiger partial charge in [-0.15, -0.1) is 11.3 Å². The van der Waals surface area contributed by atoms with Crippen molar-refractivity contribution in [3.63, 3.8) is 0 Å². The Morgan fingerprint density at radius 1 is 1.38 bits per heavy atom. The maximum Gasteiger partial charge on any atom is 0.434 e. The highest BCUT2D eigenvalue weighted by atomic mass is 35.5. The zero-order chi connectivity index (χ0) is 19.1. The minimum Gasteiger partial charge on any atom is -0.434 e. The quantitative estimate of drug-likeness (QED) is 0.846. The van der Waals surface area contributed by atoms with Crippen LogP contribution in [-0.4, -0.2) is 34.5 Å². The first kappa shape index (κ1) is 18.5. The molecule has 3 rings (SSSR count). The second-order valence-electron chi connectivity index (χ2n) is 5.45. The van der Waals surface area contributed by atoms with Gasteiger partial charge in [-0.1, -0.05) is 23.7 Å². The van der Waals surface area contributed by atoms with E-state index in [-0.39, 0.29) is 11.6 Å². The highest BCUT2D eigenvalue weighted by molar-refractivity contribution is 7.09. The van der Waals surface area contributed by atoms with Gasteiger partial charge in [-0.05, 0) is 17.7 Å². The van der Waals surface area contributed by atoms with Crippen LogP contribution in [0.3, 0.4) is 0 Å². The molecule has 1 saturated heterocycles. The Hall–Kier alpha value is -2.33. The lowest BCUT2D eigenvalue weighted by atomic mass is 10.1. The van der Waals surface area contributed by atoms with Crippen LogP contribution in [0, 0.1) is 0 Å². The molecule has 0 radical (unpaired) electrons. The number of ether oxygens (including phenoxy) is 1. The molecular formula is C15H11ClF3N3O3S. The summed E-state index contributed by atoms with van der Waals surface area (Å²) in [5.74, 6) is -0.842. The molecule has 2 atom stereocenters. The number of nitrogens with two attached hydrogens (primary N) is 1. The fourth-order valence-corrected chi connectivity index (χ4v) is 3.57. The van der Waals surface area contributed by atoms with E-state index in [1.165, 1.54) is 12.1 Å². The molecule has 1 fully saturated rings. The Morgan fingerprint density at radius 3 is 2.54 bits per heavy atom. The largest absolute Gasteiger partial charge is 0.434 e. The number of alkyl halides is 3. The molecule has 138 valence electrons. The topological polar surface area (TPSA) is 85.5 Å². The summed E-state index contributed by atoms with van der Waals surface area (Å²) in [7, 11) is 0. The molecule has 0 bridgehead atoms. The van der Waals surface area contributed by atoms with Crippen LogP contribution >= 0.6 is 22.9 Å². The zero-order valence-corrected chi connectivity index (χ0v) is 14.4. The van der Waals surface area contributed by atoms with Crippen LogP contribution in [0.15, 0.2) is 29.6 Å². The van der Waals surface area contributed by atoms with Gasteiger partial charge < -0.3 is 10.5 Å². The van der Waals surface area contributed by atoms with Crippen molar-refractivity contribution >= 4 is 34.9 Å². The minimum atomic E-state index is -4.61. The van der Waals surface area contributed by atoms with Crippen LogP contribution in [0.2, 0.25) is 5.02 Å². The summed E-state index contributed by atoms with van der Waals surface area (Å²) in [5, 5.41) is 1.31. The lowest BCUT2D eigenvalue weighted by molar-refractivity contribution is -0.140. The maximum absolute atomic E-state index is 12.9. The van der Waals surface area contributed by atoms with Crippen molar-refractivity contribution in [3.8, 4) is 0 Å². The second-order valence-corrected chi connectivity index (χ2v) is 6.78. The van der Waals surface area contributed by atoms with E-state index in [0.29, 0.717) is 10.6 Å². The van der Waals surface area contributed by atoms with Crippen molar-refractivity contribution in [3.05, 3.63) is 50.9 Å². The van der Waals surface area contributed by atoms with Crippen LogP contribution in [0.4, 0.5) is 18.0 Å². The third-order valence-electron chi connectivity index (χ3n) is 3.70. The van der Waals surface area contributed by atoms with Crippen LogP contribution in [0.1, 0.15) is 22.3 Å². The summed E-state index contributed by atoms with van der Waals surface area (Å²) in [4.78, 5) is 28.2. The summed E-state index contributed by atoms with van der Waals surface area (Å²) >= 11 is 6.60. The Labute approximate surface area is 154 Å². The minimum absolute atomic E-state index is 0.0294. The van der Waals surface area contributed by atoms with E-state index in [1.54, 1.807) is 12.1 Å². The van der Waals surface area contributed by atoms with Gasteiger partial charge in [0, 0.05) is 10.4 Å². The monoisotopic (exact) mass is 405 g/mol. The van der Waals surface area contributed by atoms with Gasteiger partial charge in [0.05, 0.1) is 6.54 Å². The SMILES string of the molecule is NC(=O)C1CN([C@H](c2ccc(Cl)cc2)c2nc(C(F)(F)F)cs2)C(=O)O1. The number of carbonyl (C=O) groups excluding carboxylic acids is 2. The fourth-order valence-electron chi connectivity index (χ4n) is 2.48. The molecule has 1 aliphatic rings. The number of cyclic esters (lactones) is 1. The third-order valence-corrected chi connectivity index (χ3v) is 4.85. The van der Waals surface area contributed by atoms with E-state index >= 15 is 0 Å². The molecule has 1 aliphatic heterocycles. The summed E-state index contributed by atoms with van der Waals surface area (Å²) in [6.07, 6.45) is -6.66. The molecule has 1 aromatic carbocycles. The summed E-state index contributed by atoms with van der Waals surface area (Å²) in [5.41, 5.74) is 4.57. The number of rotatable bonds is 4. The van der Waals surface area contributed by atoms with Crippen LogP contribution < -0.4 is 5.73 Å². The molecule has 26 heavy (non-hydrogen) atoms. The van der Waals surface area contributed by atoms with Crippen LogP contribution in [0.25, 0.3) is 0 Å². The van der Waals surface area contributed by atoms with E-state index < -0.39 is 36.0 Å². The Morgan fingerprint density at radius 2 is 2.04 bits per heavy atom. The number of benzene rings is 1. The molecule has 2 heterocycles. The molecule has 2 N–H and O–H groups in total. The smallest absolute Gasteiger partial charge is 0.434 e. The standard InChI is InChI=1S/C15H11ClF3N3O3S/c16-8-3-1-7(2-4-8)11(13-21-10(6-26-13)15(17,18)19)22-5-9(12(20)23)25-14(22)24/h1-4,6,9,11H,5H2,(H2,20,23)/t9?,11-/m1/s1. The van der Waals surface area contributed by atoms with Crippen molar-refractivity contribution in [2.75, 3.05) is 6.54 Å².